The van der Waals surface area contributed by atoms with Crippen LogP contribution in [0.5, 0.6) is 0 Å². The van der Waals surface area contributed by atoms with Gasteiger partial charge in [-0.25, -0.2) is 0 Å². The first kappa shape index (κ1) is 15.3. The SMILES string of the molecule is Brc1ccc(-c2nnc(N3CCN4CCC3CC4)o2)s1.Cl. The lowest BCUT2D eigenvalue weighted by Gasteiger charge is -2.29. The van der Waals surface area contributed by atoms with Gasteiger partial charge < -0.3 is 14.2 Å². The molecule has 2 aromatic rings. The van der Waals surface area contributed by atoms with Crippen molar-refractivity contribution >= 4 is 45.7 Å². The first-order chi connectivity index (χ1) is 9.79. The Labute approximate surface area is 141 Å². The molecule has 5 heterocycles. The summed E-state index contributed by atoms with van der Waals surface area (Å²) in [5, 5.41) is 8.47. The minimum atomic E-state index is 0. The number of hydrogen-bond donors (Lipinski definition) is 0. The predicted molar refractivity (Wildman–Crippen MR) is 89.4 cm³/mol. The summed E-state index contributed by atoms with van der Waals surface area (Å²) in [4.78, 5) is 5.83. The fourth-order valence-electron chi connectivity index (χ4n) is 3.00. The van der Waals surface area contributed by atoms with Gasteiger partial charge in [-0.2, -0.15) is 0 Å². The second-order valence-electron chi connectivity index (χ2n) is 5.26. The van der Waals surface area contributed by atoms with E-state index in [1.165, 1.54) is 25.9 Å². The van der Waals surface area contributed by atoms with Gasteiger partial charge in [0, 0.05) is 32.2 Å². The van der Waals surface area contributed by atoms with Crippen LogP contribution in [-0.2, 0) is 0 Å². The number of anilines is 1. The van der Waals surface area contributed by atoms with Crippen LogP contribution in [0, 0.1) is 0 Å². The van der Waals surface area contributed by atoms with E-state index >= 15 is 0 Å². The largest absolute Gasteiger partial charge is 0.402 e. The zero-order valence-corrected chi connectivity index (χ0v) is 14.6. The van der Waals surface area contributed by atoms with Gasteiger partial charge in [-0.05, 0) is 40.9 Å². The first-order valence-corrected chi connectivity index (χ1v) is 8.49. The summed E-state index contributed by atoms with van der Waals surface area (Å²) in [5.74, 6) is 0.620. The van der Waals surface area contributed by atoms with E-state index in [-0.39, 0.29) is 12.4 Å². The number of nitrogens with zero attached hydrogens (tertiary/aromatic N) is 4. The molecule has 0 unspecified atom stereocenters. The van der Waals surface area contributed by atoms with Crippen LogP contribution in [-0.4, -0.2) is 47.3 Å². The van der Waals surface area contributed by atoms with Crippen LogP contribution in [0.15, 0.2) is 20.3 Å². The van der Waals surface area contributed by atoms with Crippen molar-refractivity contribution in [2.24, 2.45) is 0 Å². The van der Waals surface area contributed by atoms with Crippen LogP contribution < -0.4 is 4.90 Å². The van der Waals surface area contributed by atoms with Crippen molar-refractivity contribution in [2.75, 3.05) is 31.1 Å². The first-order valence-electron chi connectivity index (χ1n) is 6.88. The molecule has 0 atom stereocenters. The Kier molecular flexibility index (Phi) is 4.54. The Hall–Kier alpha value is -0.630. The average molecular weight is 392 g/mol. The van der Waals surface area contributed by atoms with Gasteiger partial charge in [0.15, 0.2) is 0 Å². The van der Waals surface area contributed by atoms with E-state index in [1.807, 2.05) is 12.1 Å². The second kappa shape index (κ2) is 6.24. The summed E-state index contributed by atoms with van der Waals surface area (Å²) in [6.07, 6.45) is 2.39. The maximum atomic E-state index is 5.90. The minimum absolute atomic E-state index is 0. The summed E-state index contributed by atoms with van der Waals surface area (Å²) in [5.41, 5.74) is 0. The van der Waals surface area contributed by atoms with Gasteiger partial charge in [0.1, 0.15) is 0 Å². The third-order valence-electron chi connectivity index (χ3n) is 4.10. The molecule has 2 bridgehead atoms. The van der Waals surface area contributed by atoms with Gasteiger partial charge in [-0.15, -0.1) is 28.8 Å². The zero-order chi connectivity index (χ0) is 13.5. The van der Waals surface area contributed by atoms with Crippen LogP contribution in [0.25, 0.3) is 10.8 Å². The summed E-state index contributed by atoms with van der Waals surface area (Å²) in [7, 11) is 0. The van der Waals surface area contributed by atoms with Crippen LogP contribution in [0.3, 0.4) is 0 Å². The highest BCUT2D eigenvalue weighted by atomic mass is 79.9. The van der Waals surface area contributed by atoms with Crippen molar-refractivity contribution < 1.29 is 4.42 Å². The monoisotopic (exact) mass is 390 g/mol. The lowest BCUT2D eigenvalue weighted by Crippen LogP contribution is -2.38. The zero-order valence-electron chi connectivity index (χ0n) is 11.4. The molecule has 3 saturated heterocycles. The van der Waals surface area contributed by atoms with Crippen LogP contribution in [0.1, 0.15) is 12.8 Å². The maximum absolute atomic E-state index is 5.90. The number of thiophene rings is 1. The molecule has 5 rings (SSSR count). The van der Waals surface area contributed by atoms with Gasteiger partial charge >= 0.3 is 6.01 Å². The van der Waals surface area contributed by atoms with Crippen molar-refractivity contribution in [3.8, 4) is 10.8 Å². The number of piperidine rings is 1. The molecule has 0 radical (unpaired) electrons. The maximum Gasteiger partial charge on any atom is 0.318 e. The molecule has 21 heavy (non-hydrogen) atoms. The molecule has 0 aliphatic carbocycles. The highest BCUT2D eigenvalue weighted by Gasteiger charge is 2.31. The van der Waals surface area contributed by atoms with E-state index in [4.69, 9.17) is 4.42 Å². The lowest BCUT2D eigenvalue weighted by molar-refractivity contribution is 0.249. The van der Waals surface area contributed by atoms with Crippen molar-refractivity contribution in [1.29, 1.82) is 0 Å². The molecule has 0 N–H and O–H groups in total. The molecule has 0 aromatic carbocycles. The Morgan fingerprint density at radius 1 is 1.14 bits per heavy atom. The highest BCUT2D eigenvalue weighted by Crippen LogP contribution is 2.33. The number of rotatable bonds is 2. The van der Waals surface area contributed by atoms with E-state index in [0.29, 0.717) is 17.9 Å². The van der Waals surface area contributed by atoms with Crippen LogP contribution in [0.2, 0.25) is 0 Å². The molecule has 0 saturated carbocycles. The minimum Gasteiger partial charge on any atom is -0.402 e. The molecule has 8 heteroatoms. The number of aromatic nitrogens is 2. The lowest BCUT2D eigenvalue weighted by atomic mass is 10.1. The highest BCUT2D eigenvalue weighted by molar-refractivity contribution is 9.11. The molecule has 5 nitrogen and oxygen atoms in total. The molecule has 3 fully saturated rings. The van der Waals surface area contributed by atoms with E-state index in [1.54, 1.807) is 11.3 Å². The normalized spacial score (nSPS) is 24.7. The summed E-state index contributed by atoms with van der Waals surface area (Å²) in [6.45, 7) is 4.47. The Balaban J connectivity index is 0.00000132. The van der Waals surface area contributed by atoms with Crippen LogP contribution in [0.4, 0.5) is 6.01 Å². The van der Waals surface area contributed by atoms with Crippen molar-refractivity contribution in [3.63, 3.8) is 0 Å². The van der Waals surface area contributed by atoms with Gasteiger partial charge in [-0.1, -0.05) is 5.10 Å². The van der Waals surface area contributed by atoms with Crippen LogP contribution >= 0.6 is 39.7 Å². The summed E-state index contributed by atoms with van der Waals surface area (Å²) < 4.78 is 6.98. The molecular formula is C13H16BrClN4OS. The quantitative estimate of drug-likeness (QED) is 0.786. The van der Waals surface area contributed by atoms with Gasteiger partial charge in [0.2, 0.25) is 0 Å². The van der Waals surface area contributed by atoms with E-state index in [0.717, 1.165) is 21.8 Å². The molecule has 0 spiro atoms. The number of fused-ring (bicyclic) bond motifs is 4. The summed E-state index contributed by atoms with van der Waals surface area (Å²) >= 11 is 5.08. The second-order valence-corrected chi connectivity index (χ2v) is 7.72. The Morgan fingerprint density at radius 2 is 1.95 bits per heavy atom. The Morgan fingerprint density at radius 3 is 2.67 bits per heavy atom. The van der Waals surface area contributed by atoms with E-state index < -0.39 is 0 Å². The number of hydrogen-bond acceptors (Lipinski definition) is 6. The van der Waals surface area contributed by atoms with E-state index in [2.05, 4.69) is 35.9 Å². The van der Waals surface area contributed by atoms with Crippen molar-refractivity contribution in [3.05, 3.63) is 15.9 Å². The molecule has 2 aromatic heterocycles. The number of halogens is 2. The smallest absolute Gasteiger partial charge is 0.318 e. The predicted octanol–water partition coefficient (Wildman–Crippen LogP) is 3.27. The molecular weight excluding hydrogens is 376 g/mol. The average Bonchev–Trinajstić information content (AvgIpc) is 3.01. The molecule has 114 valence electrons. The van der Waals surface area contributed by atoms with Crippen molar-refractivity contribution in [2.45, 2.75) is 18.9 Å². The Bertz CT molecular complexity index is 611. The van der Waals surface area contributed by atoms with Gasteiger partial charge in [0.25, 0.3) is 5.89 Å². The third kappa shape index (κ3) is 2.97. The van der Waals surface area contributed by atoms with E-state index in [9.17, 15) is 0 Å². The molecule has 3 aliphatic rings. The molecule has 3 aliphatic heterocycles. The third-order valence-corrected chi connectivity index (χ3v) is 5.71. The fourth-order valence-corrected chi connectivity index (χ4v) is 4.31. The van der Waals surface area contributed by atoms with Gasteiger partial charge in [0.05, 0.1) is 8.66 Å². The topological polar surface area (TPSA) is 45.4 Å². The van der Waals surface area contributed by atoms with Crippen molar-refractivity contribution in [1.82, 2.24) is 15.1 Å². The van der Waals surface area contributed by atoms with Gasteiger partial charge in [-0.3, -0.25) is 0 Å². The standard InChI is InChI=1S/C13H15BrN4OS.ClH/c14-11-2-1-10(20-11)12-15-16-13(19-12)18-8-7-17-5-3-9(18)4-6-17;/h1-2,9H,3-8H2;1H. The molecule has 0 amide bonds. The fraction of sp³-hybridized carbons (Fsp3) is 0.538. The summed E-state index contributed by atoms with van der Waals surface area (Å²) in [6, 6.07) is 5.24.